The van der Waals surface area contributed by atoms with Crippen molar-refractivity contribution in [3.63, 3.8) is 0 Å². The van der Waals surface area contributed by atoms with E-state index in [2.05, 4.69) is 10.1 Å². The number of para-hydroxylation sites is 2. The second-order valence-electron chi connectivity index (χ2n) is 6.13. The highest BCUT2D eigenvalue weighted by atomic mass is 16.6. The molecule has 116 valence electrons. The van der Waals surface area contributed by atoms with Crippen molar-refractivity contribution in [1.82, 2.24) is 10.1 Å². The summed E-state index contributed by atoms with van der Waals surface area (Å²) in [5.74, 6) is 2.43. The molecule has 0 bridgehead atoms. The molecule has 22 heavy (non-hydrogen) atoms. The normalized spacial score (nSPS) is 26.1. The fraction of sp³-hybridized carbons (Fsp3) is 0.500. The third-order valence-electron chi connectivity index (χ3n) is 4.47. The van der Waals surface area contributed by atoms with Gasteiger partial charge in [-0.05, 0) is 31.9 Å². The van der Waals surface area contributed by atoms with Crippen LogP contribution in [0.3, 0.4) is 0 Å². The maximum absolute atomic E-state index is 6.38. The van der Waals surface area contributed by atoms with Crippen LogP contribution in [0.2, 0.25) is 0 Å². The summed E-state index contributed by atoms with van der Waals surface area (Å²) < 4.78 is 17.3. The number of ether oxygens (including phenoxy) is 2. The molecule has 2 atom stereocenters. The van der Waals surface area contributed by atoms with E-state index in [0.717, 1.165) is 31.4 Å². The quantitative estimate of drug-likeness (QED) is 0.918. The van der Waals surface area contributed by atoms with Crippen molar-refractivity contribution < 1.29 is 14.0 Å². The minimum absolute atomic E-state index is 0.208. The number of nitrogens with two attached hydrogens (primary N) is 1. The number of benzene rings is 1. The van der Waals surface area contributed by atoms with E-state index in [1.54, 1.807) is 0 Å². The lowest BCUT2D eigenvalue weighted by molar-refractivity contribution is 0.0116. The first kappa shape index (κ1) is 13.6. The van der Waals surface area contributed by atoms with Gasteiger partial charge in [0.2, 0.25) is 6.10 Å². The van der Waals surface area contributed by atoms with Crippen LogP contribution in [-0.4, -0.2) is 16.2 Å². The molecule has 1 saturated carbocycles. The molecule has 1 aliphatic heterocycles. The summed E-state index contributed by atoms with van der Waals surface area (Å²) in [6.45, 7) is 1.93. The van der Waals surface area contributed by atoms with Crippen molar-refractivity contribution in [3.8, 4) is 11.5 Å². The molecule has 1 aromatic carbocycles. The van der Waals surface area contributed by atoms with E-state index in [0.29, 0.717) is 17.5 Å². The maximum atomic E-state index is 6.38. The Labute approximate surface area is 128 Å². The Morgan fingerprint density at radius 1 is 1.14 bits per heavy atom. The predicted octanol–water partition coefficient (Wildman–Crippen LogP) is 2.70. The van der Waals surface area contributed by atoms with Gasteiger partial charge in [-0.15, -0.1) is 0 Å². The van der Waals surface area contributed by atoms with Crippen LogP contribution in [-0.2, 0) is 5.54 Å². The van der Waals surface area contributed by atoms with Gasteiger partial charge in [0, 0.05) is 0 Å². The SMILES string of the molecule is CC1Oc2ccccc2OC1c1nc(C2(N)CCCC2)no1. The van der Waals surface area contributed by atoms with E-state index in [1.165, 1.54) is 0 Å². The van der Waals surface area contributed by atoms with Gasteiger partial charge in [0.25, 0.3) is 5.89 Å². The van der Waals surface area contributed by atoms with Crippen molar-refractivity contribution in [3.05, 3.63) is 36.0 Å². The first-order valence-corrected chi connectivity index (χ1v) is 7.71. The monoisotopic (exact) mass is 301 g/mol. The van der Waals surface area contributed by atoms with Crippen LogP contribution in [0, 0.1) is 0 Å². The Kier molecular flexibility index (Phi) is 3.07. The van der Waals surface area contributed by atoms with Gasteiger partial charge in [-0.25, -0.2) is 0 Å². The van der Waals surface area contributed by atoms with Gasteiger partial charge in [0.1, 0.15) is 6.10 Å². The molecule has 0 spiro atoms. The molecule has 1 fully saturated rings. The van der Waals surface area contributed by atoms with E-state index in [-0.39, 0.29) is 6.10 Å². The van der Waals surface area contributed by atoms with Gasteiger partial charge in [-0.1, -0.05) is 30.1 Å². The molecule has 2 N–H and O–H groups in total. The fourth-order valence-corrected chi connectivity index (χ4v) is 3.17. The maximum Gasteiger partial charge on any atom is 0.271 e. The molecule has 0 amide bonds. The molecule has 2 aliphatic rings. The first-order chi connectivity index (χ1) is 10.7. The van der Waals surface area contributed by atoms with Crippen LogP contribution in [0.25, 0.3) is 0 Å². The Morgan fingerprint density at radius 3 is 2.55 bits per heavy atom. The van der Waals surface area contributed by atoms with Gasteiger partial charge >= 0.3 is 0 Å². The highest BCUT2D eigenvalue weighted by Gasteiger charge is 2.39. The van der Waals surface area contributed by atoms with E-state index in [1.807, 2.05) is 31.2 Å². The van der Waals surface area contributed by atoms with Crippen molar-refractivity contribution in [2.24, 2.45) is 5.73 Å². The average molecular weight is 301 g/mol. The van der Waals surface area contributed by atoms with E-state index in [9.17, 15) is 0 Å². The zero-order valence-corrected chi connectivity index (χ0v) is 12.5. The Bertz CT molecular complexity index is 679. The van der Waals surface area contributed by atoms with Gasteiger partial charge < -0.3 is 19.7 Å². The van der Waals surface area contributed by atoms with Crippen LogP contribution in [0.4, 0.5) is 0 Å². The Hall–Kier alpha value is -2.08. The number of rotatable bonds is 2. The minimum atomic E-state index is -0.460. The molecular weight excluding hydrogens is 282 g/mol. The summed E-state index contributed by atoms with van der Waals surface area (Å²) in [6.07, 6.45) is 3.38. The topological polar surface area (TPSA) is 83.4 Å². The van der Waals surface area contributed by atoms with Crippen LogP contribution in [0.5, 0.6) is 11.5 Å². The smallest absolute Gasteiger partial charge is 0.271 e. The molecule has 4 rings (SSSR count). The summed E-state index contributed by atoms with van der Waals surface area (Å²) >= 11 is 0. The van der Waals surface area contributed by atoms with E-state index in [4.69, 9.17) is 19.7 Å². The molecule has 2 heterocycles. The summed E-state index contributed by atoms with van der Waals surface area (Å²) in [6, 6.07) is 7.57. The molecule has 0 saturated heterocycles. The van der Waals surface area contributed by atoms with Crippen molar-refractivity contribution in [2.45, 2.75) is 50.4 Å². The highest BCUT2D eigenvalue weighted by molar-refractivity contribution is 5.41. The molecule has 2 unspecified atom stereocenters. The summed E-state index contributed by atoms with van der Waals surface area (Å²) in [4.78, 5) is 4.50. The summed E-state index contributed by atoms with van der Waals surface area (Å²) in [7, 11) is 0. The zero-order chi connectivity index (χ0) is 15.2. The number of fused-ring (bicyclic) bond motifs is 1. The number of hydrogen-bond donors (Lipinski definition) is 1. The molecule has 0 radical (unpaired) electrons. The van der Waals surface area contributed by atoms with Crippen molar-refractivity contribution in [1.29, 1.82) is 0 Å². The van der Waals surface area contributed by atoms with Crippen LogP contribution < -0.4 is 15.2 Å². The number of hydrogen-bond acceptors (Lipinski definition) is 6. The molecule has 1 aromatic heterocycles. The van der Waals surface area contributed by atoms with Crippen LogP contribution in [0.15, 0.2) is 28.8 Å². The third-order valence-corrected chi connectivity index (χ3v) is 4.47. The molecular formula is C16H19N3O3. The second kappa shape index (κ2) is 4.98. The third kappa shape index (κ3) is 2.14. The van der Waals surface area contributed by atoms with Crippen molar-refractivity contribution in [2.75, 3.05) is 0 Å². The summed E-state index contributed by atoms with van der Waals surface area (Å²) in [5, 5.41) is 4.09. The second-order valence-corrected chi connectivity index (χ2v) is 6.13. The van der Waals surface area contributed by atoms with Crippen LogP contribution in [0.1, 0.15) is 50.4 Å². The van der Waals surface area contributed by atoms with Gasteiger partial charge in [0.05, 0.1) is 5.54 Å². The molecule has 2 aromatic rings. The van der Waals surface area contributed by atoms with Crippen molar-refractivity contribution >= 4 is 0 Å². The van der Waals surface area contributed by atoms with Gasteiger partial charge in [-0.2, -0.15) is 4.98 Å². The minimum Gasteiger partial charge on any atom is -0.482 e. The number of nitrogens with zero attached hydrogens (tertiary/aromatic N) is 2. The standard InChI is InChI=1S/C16H19N3O3/c1-10-13(21-12-7-3-2-6-11(12)20-10)14-18-15(19-22-14)16(17)8-4-5-9-16/h2-3,6-7,10,13H,4-5,8-9,17H2,1H3. The lowest BCUT2D eigenvalue weighted by Gasteiger charge is -2.29. The Morgan fingerprint density at radius 2 is 1.82 bits per heavy atom. The Balaban J connectivity index is 1.61. The predicted molar refractivity (Wildman–Crippen MR) is 78.5 cm³/mol. The van der Waals surface area contributed by atoms with Gasteiger partial charge in [0.15, 0.2) is 17.3 Å². The fourth-order valence-electron chi connectivity index (χ4n) is 3.17. The van der Waals surface area contributed by atoms with Gasteiger partial charge in [-0.3, -0.25) is 0 Å². The first-order valence-electron chi connectivity index (χ1n) is 7.71. The summed E-state index contributed by atoms with van der Waals surface area (Å²) in [5.41, 5.74) is 5.92. The number of aromatic nitrogens is 2. The van der Waals surface area contributed by atoms with Crippen LogP contribution >= 0.6 is 0 Å². The molecule has 1 aliphatic carbocycles. The lowest BCUT2D eigenvalue weighted by atomic mass is 9.98. The largest absolute Gasteiger partial charge is 0.482 e. The zero-order valence-electron chi connectivity index (χ0n) is 12.5. The average Bonchev–Trinajstić information content (AvgIpc) is 3.16. The van der Waals surface area contributed by atoms with E-state index < -0.39 is 11.6 Å². The van der Waals surface area contributed by atoms with E-state index >= 15 is 0 Å². The highest BCUT2D eigenvalue weighted by Crippen LogP contribution is 2.40. The molecule has 6 heteroatoms. The lowest BCUT2D eigenvalue weighted by Crippen LogP contribution is -2.35. The molecule has 6 nitrogen and oxygen atoms in total.